The van der Waals surface area contributed by atoms with E-state index >= 15 is 0 Å². The fourth-order valence-electron chi connectivity index (χ4n) is 1.62. The average molecular weight is 266 g/mol. The standard InChI is InChI=1S/C14H22N2O3/c1-2-3-10-19-11-4-9-15-12-13-5-7-14(8-6-13)16(17)18/h5-8,15H,2-4,9-12H2,1H3. The second-order valence-electron chi connectivity index (χ2n) is 4.42. The molecule has 0 saturated carbocycles. The Morgan fingerprint density at radius 1 is 1.21 bits per heavy atom. The zero-order valence-corrected chi connectivity index (χ0v) is 11.4. The predicted octanol–water partition coefficient (Wildman–Crippen LogP) is 2.89. The van der Waals surface area contributed by atoms with Crippen LogP contribution in [0.15, 0.2) is 24.3 Å². The first-order chi connectivity index (χ1) is 9.24. The lowest BCUT2D eigenvalue weighted by Gasteiger charge is -2.05. The van der Waals surface area contributed by atoms with Crippen LogP contribution in [0.3, 0.4) is 0 Å². The van der Waals surface area contributed by atoms with E-state index in [1.807, 2.05) is 0 Å². The maximum absolute atomic E-state index is 10.5. The molecule has 0 aromatic heterocycles. The first-order valence-corrected chi connectivity index (χ1v) is 6.76. The van der Waals surface area contributed by atoms with Gasteiger partial charge in [0, 0.05) is 31.9 Å². The summed E-state index contributed by atoms with van der Waals surface area (Å²) < 4.78 is 5.45. The molecule has 1 aromatic carbocycles. The van der Waals surface area contributed by atoms with Crippen LogP contribution in [-0.2, 0) is 11.3 Å². The van der Waals surface area contributed by atoms with Gasteiger partial charge in [-0.2, -0.15) is 0 Å². The van der Waals surface area contributed by atoms with Crippen LogP contribution in [0.2, 0.25) is 0 Å². The molecule has 5 nitrogen and oxygen atoms in total. The van der Waals surface area contributed by atoms with Gasteiger partial charge in [-0.25, -0.2) is 0 Å². The maximum atomic E-state index is 10.5. The van der Waals surface area contributed by atoms with Crippen molar-refractivity contribution < 1.29 is 9.66 Å². The van der Waals surface area contributed by atoms with E-state index in [0.717, 1.165) is 44.7 Å². The van der Waals surface area contributed by atoms with Gasteiger partial charge in [-0.1, -0.05) is 25.5 Å². The molecule has 0 aliphatic rings. The summed E-state index contributed by atoms with van der Waals surface area (Å²) in [6.07, 6.45) is 3.27. The second-order valence-corrected chi connectivity index (χ2v) is 4.42. The highest BCUT2D eigenvalue weighted by Gasteiger charge is 2.03. The van der Waals surface area contributed by atoms with Crippen LogP contribution < -0.4 is 5.32 Å². The van der Waals surface area contributed by atoms with Crippen LogP contribution in [-0.4, -0.2) is 24.7 Å². The average Bonchev–Trinajstić information content (AvgIpc) is 2.42. The summed E-state index contributed by atoms with van der Waals surface area (Å²) in [5.74, 6) is 0. The molecule has 0 aliphatic heterocycles. The normalized spacial score (nSPS) is 10.6. The monoisotopic (exact) mass is 266 g/mol. The molecule has 0 heterocycles. The fraction of sp³-hybridized carbons (Fsp3) is 0.571. The van der Waals surface area contributed by atoms with Crippen LogP contribution in [0.4, 0.5) is 5.69 Å². The minimum absolute atomic E-state index is 0.132. The van der Waals surface area contributed by atoms with Gasteiger partial charge in [-0.15, -0.1) is 0 Å². The van der Waals surface area contributed by atoms with Crippen LogP contribution in [0.5, 0.6) is 0 Å². The largest absolute Gasteiger partial charge is 0.381 e. The Labute approximate surface area is 114 Å². The van der Waals surface area contributed by atoms with E-state index in [9.17, 15) is 10.1 Å². The number of nitrogens with zero attached hydrogens (tertiary/aromatic N) is 1. The Balaban J connectivity index is 2.07. The summed E-state index contributed by atoms with van der Waals surface area (Å²) in [6, 6.07) is 6.63. The van der Waals surface area contributed by atoms with E-state index in [-0.39, 0.29) is 10.6 Å². The van der Waals surface area contributed by atoms with Crippen molar-refractivity contribution in [2.75, 3.05) is 19.8 Å². The Hall–Kier alpha value is -1.46. The predicted molar refractivity (Wildman–Crippen MR) is 75.1 cm³/mol. The van der Waals surface area contributed by atoms with Crippen molar-refractivity contribution in [3.8, 4) is 0 Å². The van der Waals surface area contributed by atoms with Gasteiger partial charge >= 0.3 is 0 Å². The smallest absolute Gasteiger partial charge is 0.269 e. The Morgan fingerprint density at radius 2 is 1.89 bits per heavy atom. The highest BCUT2D eigenvalue weighted by molar-refractivity contribution is 5.32. The van der Waals surface area contributed by atoms with E-state index < -0.39 is 0 Å². The quantitative estimate of drug-likeness (QED) is 0.402. The molecule has 19 heavy (non-hydrogen) atoms. The second kappa shape index (κ2) is 9.47. The number of hydrogen-bond donors (Lipinski definition) is 1. The molecule has 0 bridgehead atoms. The summed E-state index contributed by atoms with van der Waals surface area (Å²) in [5, 5.41) is 13.8. The molecule has 1 aromatic rings. The number of unbranched alkanes of at least 4 members (excludes halogenated alkanes) is 1. The molecule has 0 aliphatic carbocycles. The molecule has 5 heteroatoms. The lowest BCUT2D eigenvalue weighted by molar-refractivity contribution is -0.384. The molecule has 1 N–H and O–H groups in total. The molecule has 0 spiro atoms. The molecular formula is C14H22N2O3. The van der Waals surface area contributed by atoms with E-state index in [0.29, 0.717) is 0 Å². The molecule has 0 radical (unpaired) electrons. The highest BCUT2D eigenvalue weighted by Crippen LogP contribution is 2.11. The van der Waals surface area contributed by atoms with Crippen LogP contribution in [0.1, 0.15) is 31.7 Å². The van der Waals surface area contributed by atoms with Crippen LogP contribution in [0.25, 0.3) is 0 Å². The Morgan fingerprint density at radius 3 is 2.53 bits per heavy atom. The summed E-state index contributed by atoms with van der Waals surface area (Å²) in [5.41, 5.74) is 1.19. The molecule has 1 rings (SSSR count). The Kier molecular flexibility index (Phi) is 7.77. The third-order valence-electron chi connectivity index (χ3n) is 2.76. The van der Waals surface area contributed by atoms with E-state index in [1.165, 1.54) is 18.6 Å². The minimum atomic E-state index is -0.384. The van der Waals surface area contributed by atoms with E-state index in [1.54, 1.807) is 12.1 Å². The molecule has 0 amide bonds. The van der Waals surface area contributed by atoms with E-state index in [4.69, 9.17) is 4.74 Å². The molecule has 0 unspecified atom stereocenters. The fourth-order valence-corrected chi connectivity index (χ4v) is 1.62. The van der Waals surface area contributed by atoms with Crippen molar-refractivity contribution in [3.05, 3.63) is 39.9 Å². The number of rotatable bonds is 10. The van der Waals surface area contributed by atoms with Gasteiger partial charge in [0.2, 0.25) is 0 Å². The molecule has 0 atom stereocenters. The van der Waals surface area contributed by atoms with Crippen LogP contribution in [0, 0.1) is 10.1 Å². The van der Waals surface area contributed by atoms with Gasteiger partial charge in [-0.05, 0) is 24.9 Å². The van der Waals surface area contributed by atoms with Gasteiger partial charge in [0.15, 0.2) is 0 Å². The van der Waals surface area contributed by atoms with Gasteiger partial charge in [0.1, 0.15) is 0 Å². The third-order valence-corrected chi connectivity index (χ3v) is 2.76. The van der Waals surface area contributed by atoms with Gasteiger partial charge in [-0.3, -0.25) is 10.1 Å². The number of ether oxygens (including phenoxy) is 1. The number of benzene rings is 1. The topological polar surface area (TPSA) is 64.4 Å². The first-order valence-electron chi connectivity index (χ1n) is 6.76. The molecule has 0 fully saturated rings. The molecule has 106 valence electrons. The SMILES string of the molecule is CCCCOCCCNCc1ccc([N+](=O)[O-])cc1. The van der Waals surface area contributed by atoms with Crippen molar-refractivity contribution >= 4 is 5.69 Å². The number of nitro benzene ring substituents is 1. The zero-order chi connectivity index (χ0) is 13.9. The van der Waals surface area contributed by atoms with Gasteiger partial charge in [0.05, 0.1) is 4.92 Å². The summed E-state index contributed by atoms with van der Waals surface area (Å²) in [6.45, 7) is 5.40. The molecular weight excluding hydrogens is 244 g/mol. The van der Waals surface area contributed by atoms with Gasteiger partial charge in [0.25, 0.3) is 5.69 Å². The third kappa shape index (κ3) is 6.88. The van der Waals surface area contributed by atoms with Crippen molar-refractivity contribution in [1.29, 1.82) is 0 Å². The lowest BCUT2D eigenvalue weighted by Crippen LogP contribution is -2.16. The van der Waals surface area contributed by atoms with E-state index in [2.05, 4.69) is 12.2 Å². The zero-order valence-electron chi connectivity index (χ0n) is 11.4. The number of nitro groups is 1. The lowest BCUT2D eigenvalue weighted by atomic mass is 10.2. The van der Waals surface area contributed by atoms with Gasteiger partial charge < -0.3 is 10.1 Å². The Bertz CT molecular complexity index is 365. The molecule has 0 saturated heterocycles. The first kappa shape index (κ1) is 15.6. The maximum Gasteiger partial charge on any atom is 0.269 e. The summed E-state index contributed by atoms with van der Waals surface area (Å²) >= 11 is 0. The van der Waals surface area contributed by atoms with Crippen molar-refractivity contribution in [2.45, 2.75) is 32.7 Å². The minimum Gasteiger partial charge on any atom is -0.381 e. The summed E-state index contributed by atoms with van der Waals surface area (Å²) in [7, 11) is 0. The van der Waals surface area contributed by atoms with Crippen LogP contribution >= 0.6 is 0 Å². The number of non-ortho nitro benzene ring substituents is 1. The number of nitrogens with one attached hydrogen (secondary N) is 1. The summed E-state index contributed by atoms with van der Waals surface area (Å²) in [4.78, 5) is 10.1. The highest BCUT2D eigenvalue weighted by atomic mass is 16.6. The van der Waals surface area contributed by atoms with Crippen molar-refractivity contribution in [2.24, 2.45) is 0 Å². The van der Waals surface area contributed by atoms with Crippen molar-refractivity contribution in [3.63, 3.8) is 0 Å². The number of hydrogen-bond acceptors (Lipinski definition) is 4. The van der Waals surface area contributed by atoms with Crippen molar-refractivity contribution in [1.82, 2.24) is 5.32 Å².